The second-order valence-corrected chi connectivity index (χ2v) is 7.39. The monoisotopic (exact) mass is 417 g/mol. The maximum Gasteiger partial charge on any atom is 0.341 e. The first kappa shape index (κ1) is 22.6. The molecule has 8 heteroatoms. The fraction of sp³-hybridized carbons (Fsp3) is 0.381. The van der Waals surface area contributed by atoms with E-state index in [1.54, 1.807) is 18.9 Å². The fourth-order valence-corrected chi connectivity index (χ4v) is 3.69. The van der Waals surface area contributed by atoms with Crippen molar-refractivity contribution in [2.24, 2.45) is 0 Å². The third-order valence-corrected chi connectivity index (χ3v) is 4.90. The lowest BCUT2D eigenvalue weighted by Gasteiger charge is -2.16. The summed E-state index contributed by atoms with van der Waals surface area (Å²) in [6.07, 6.45) is 0.856. The molecule has 0 fully saturated rings. The Bertz CT molecular complexity index is 836. The number of likely N-dealkylation sites (N-methyl/N-ethyl adjacent to an activating group) is 1. The summed E-state index contributed by atoms with van der Waals surface area (Å²) in [6, 6.07) is 9.48. The minimum atomic E-state index is -0.477. The number of hydrogen-bond donors (Lipinski definition) is 2. The minimum absolute atomic E-state index is 0.0282. The summed E-state index contributed by atoms with van der Waals surface area (Å²) in [7, 11) is 1.70. The van der Waals surface area contributed by atoms with Gasteiger partial charge in [-0.3, -0.25) is 14.5 Å². The standard InChI is InChI=1S/C21H27N3O4S/c1-4-11-22-17(25)12-24(3)13-18(26)23-20-19(21(27)28-5-2)16(14-29-20)15-9-7-6-8-10-15/h6-10,14H,4-5,11-13H2,1-3H3,(H,22,25)(H,23,26). The molecular weight excluding hydrogens is 390 g/mol. The Morgan fingerprint density at radius 3 is 2.41 bits per heavy atom. The lowest BCUT2D eigenvalue weighted by molar-refractivity contribution is -0.122. The summed E-state index contributed by atoms with van der Waals surface area (Å²) in [5.41, 5.74) is 1.94. The van der Waals surface area contributed by atoms with Crippen molar-refractivity contribution >= 4 is 34.1 Å². The van der Waals surface area contributed by atoms with E-state index in [-0.39, 0.29) is 31.5 Å². The number of esters is 1. The molecule has 0 spiro atoms. The first-order valence-electron chi connectivity index (χ1n) is 9.55. The Balaban J connectivity index is 2.11. The number of nitrogens with one attached hydrogen (secondary N) is 2. The third kappa shape index (κ3) is 6.69. The summed E-state index contributed by atoms with van der Waals surface area (Å²) >= 11 is 1.28. The van der Waals surface area contributed by atoms with Gasteiger partial charge in [0.25, 0.3) is 0 Å². The van der Waals surface area contributed by atoms with Gasteiger partial charge in [-0.1, -0.05) is 37.3 Å². The number of nitrogens with zero attached hydrogens (tertiary/aromatic N) is 1. The van der Waals surface area contributed by atoms with Gasteiger partial charge in [-0.15, -0.1) is 11.3 Å². The van der Waals surface area contributed by atoms with Gasteiger partial charge in [0, 0.05) is 17.5 Å². The van der Waals surface area contributed by atoms with Crippen molar-refractivity contribution in [3.63, 3.8) is 0 Å². The molecule has 1 aromatic heterocycles. The van der Waals surface area contributed by atoms with Crippen LogP contribution in [-0.4, -0.2) is 56.0 Å². The molecule has 0 bridgehead atoms. The second-order valence-electron chi connectivity index (χ2n) is 6.51. The van der Waals surface area contributed by atoms with Gasteiger partial charge in [-0.2, -0.15) is 0 Å². The molecule has 0 unspecified atom stereocenters. The molecule has 0 atom stereocenters. The van der Waals surface area contributed by atoms with Crippen molar-refractivity contribution < 1.29 is 19.1 Å². The predicted molar refractivity (Wildman–Crippen MR) is 115 cm³/mol. The summed E-state index contributed by atoms with van der Waals surface area (Å²) < 4.78 is 5.19. The van der Waals surface area contributed by atoms with Crippen LogP contribution in [0, 0.1) is 0 Å². The number of carbonyl (C=O) groups excluding carboxylic acids is 3. The van der Waals surface area contributed by atoms with Gasteiger partial charge in [0.2, 0.25) is 11.8 Å². The largest absolute Gasteiger partial charge is 0.462 e. The van der Waals surface area contributed by atoms with Crippen LogP contribution >= 0.6 is 11.3 Å². The zero-order valence-corrected chi connectivity index (χ0v) is 17.8. The number of ether oxygens (including phenoxy) is 1. The van der Waals surface area contributed by atoms with Gasteiger partial charge in [0.1, 0.15) is 10.6 Å². The molecule has 0 aliphatic carbocycles. The van der Waals surface area contributed by atoms with E-state index in [0.717, 1.165) is 17.5 Å². The Kier molecular flexibility index (Phi) is 8.82. The molecule has 29 heavy (non-hydrogen) atoms. The van der Waals surface area contributed by atoms with E-state index in [4.69, 9.17) is 4.74 Å². The molecule has 0 radical (unpaired) electrons. The summed E-state index contributed by atoms with van der Waals surface area (Å²) in [5, 5.41) is 7.84. The average Bonchev–Trinajstić information content (AvgIpc) is 3.10. The fourth-order valence-electron chi connectivity index (χ4n) is 2.72. The van der Waals surface area contributed by atoms with Crippen LogP contribution in [0.25, 0.3) is 11.1 Å². The molecule has 1 aromatic carbocycles. The molecule has 156 valence electrons. The summed E-state index contributed by atoms with van der Waals surface area (Å²) in [4.78, 5) is 38.4. The Morgan fingerprint density at radius 2 is 1.76 bits per heavy atom. The number of anilines is 1. The zero-order valence-electron chi connectivity index (χ0n) is 17.0. The van der Waals surface area contributed by atoms with Crippen LogP contribution in [0.15, 0.2) is 35.7 Å². The van der Waals surface area contributed by atoms with Crippen LogP contribution in [0.3, 0.4) is 0 Å². The van der Waals surface area contributed by atoms with E-state index in [0.29, 0.717) is 17.1 Å². The topological polar surface area (TPSA) is 87.7 Å². The van der Waals surface area contributed by atoms with Crippen LogP contribution in [0.4, 0.5) is 5.00 Å². The van der Waals surface area contributed by atoms with Crippen LogP contribution in [-0.2, 0) is 14.3 Å². The van der Waals surface area contributed by atoms with E-state index in [1.807, 2.05) is 42.6 Å². The van der Waals surface area contributed by atoms with Gasteiger partial charge in [0.15, 0.2) is 0 Å². The highest BCUT2D eigenvalue weighted by Crippen LogP contribution is 2.36. The van der Waals surface area contributed by atoms with Gasteiger partial charge < -0.3 is 15.4 Å². The van der Waals surface area contributed by atoms with Crippen molar-refractivity contribution in [3.05, 3.63) is 41.3 Å². The SMILES string of the molecule is CCCNC(=O)CN(C)CC(=O)Nc1scc(-c2ccccc2)c1C(=O)OCC. The number of hydrogen-bond acceptors (Lipinski definition) is 6. The van der Waals surface area contributed by atoms with Crippen molar-refractivity contribution in [2.75, 3.05) is 38.6 Å². The quantitative estimate of drug-likeness (QED) is 0.580. The van der Waals surface area contributed by atoms with Gasteiger partial charge in [-0.25, -0.2) is 4.79 Å². The van der Waals surface area contributed by atoms with E-state index in [2.05, 4.69) is 10.6 Å². The lowest BCUT2D eigenvalue weighted by atomic mass is 10.0. The predicted octanol–water partition coefficient (Wildman–Crippen LogP) is 2.99. The minimum Gasteiger partial charge on any atom is -0.462 e. The number of carbonyl (C=O) groups is 3. The zero-order chi connectivity index (χ0) is 21.2. The van der Waals surface area contributed by atoms with Crippen LogP contribution in [0.1, 0.15) is 30.6 Å². The highest BCUT2D eigenvalue weighted by molar-refractivity contribution is 7.15. The molecule has 2 N–H and O–H groups in total. The number of rotatable bonds is 10. The van der Waals surface area contributed by atoms with Crippen molar-refractivity contribution in [2.45, 2.75) is 20.3 Å². The molecule has 2 aromatic rings. The second kappa shape index (κ2) is 11.3. The van der Waals surface area contributed by atoms with Crippen molar-refractivity contribution in [1.29, 1.82) is 0 Å². The molecule has 0 saturated heterocycles. The van der Waals surface area contributed by atoms with Gasteiger partial charge in [-0.05, 0) is 26.0 Å². The Labute approximate surface area is 175 Å². The Morgan fingerprint density at radius 1 is 1.07 bits per heavy atom. The number of benzene rings is 1. The normalized spacial score (nSPS) is 10.6. The molecule has 0 saturated carbocycles. The van der Waals surface area contributed by atoms with Crippen molar-refractivity contribution in [3.8, 4) is 11.1 Å². The van der Waals surface area contributed by atoms with E-state index < -0.39 is 5.97 Å². The highest BCUT2D eigenvalue weighted by atomic mass is 32.1. The molecule has 0 aliphatic heterocycles. The molecular formula is C21H27N3O4S. The van der Waals surface area contributed by atoms with E-state index >= 15 is 0 Å². The number of amides is 2. The first-order valence-corrected chi connectivity index (χ1v) is 10.4. The van der Waals surface area contributed by atoms with Crippen LogP contribution < -0.4 is 10.6 Å². The van der Waals surface area contributed by atoms with Crippen LogP contribution in [0.5, 0.6) is 0 Å². The highest BCUT2D eigenvalue weighted by Gasteiger charge is 2.23. The van der Waals surface area contributed by atoms with Gasteiger partial charge in [0.05, 0.1) is 19.7 Å². The first-order chi connectivity index (χ1) is 14.0. The van der Waals surface area contributed by atoms with E-state index in [9.17, 15) is 14.4 Å². The molecule has 0 aliphatic rings. The Hall–Kier alpha value is -2.71. The maximum atomic E-state index is 12.5. The maximum absolute atomic E-state index is 12.5. The average molecular weight is 418 g/mol. The van der Waals surface area contributed by atoms with Crippen molar-refractivity contribution in [1.82, 2.24) is 10.2 Å². The smallest absolute Gasteiger partial charge is 0.341 e. The van der Waals surface area contributed by atoms with Crippen LogP contribution in [0.2, 0.25) is 0 Å². The lowest BCUT2D eigenvalue weighted by Crippen LogP contribution is -2.39. The summed E-state index contributed by atoms with van der Waals surface area (Å²) in [5.74, 6) is -0.908. The molecule has 2 amide bonds. The third-order valence-electron chi connectivity index (χ3n) is 4.01. The number of thiophene rings is 1. The molecule has 2 rings (SSSR count). The summed E-state index contributed by atoms with van der Waals surface area (Å²) in [6.45, 7) is 4.72. The van der Waals surface area contributed by atoms with E-state index in [1.165, 1.54) is 11.3 Å². The van der Waals surface area contributed by atoms with Gasteiger partial charge >= 0.3 is 5.97 Å². The molecule has 7 nitrogen and oxygen atoms in total. The molecule has 1 heterocycles.